The zero-order valence-electron chi connectivity index (χ0n) is 12.2. The van der Waals surface area contributed by atoms with E-state index in [9.17, 15) is 4.79 Å². The van der Waals surface area contributed by atoms with Crippen molar-refractivity contribution >= 4 is 38.9 Å². The largest absolute Gasteiger partial charge is 0.325 e. The fourth-order valence-corrected chi connectivity index (χ4v) is 3.28. The Morgan fingerprint density at radius 1 is 1.38 bits per heavy atom. The van der Waals surface area contributed by atoms with Crippen LogP contribution in [0, 0.1) is 6.92 Å². The number of hydrogen-bond acceptors (Lipinski definition) is 3. The van der Waals surface area contributed by atoms with Crippen molar-refractivity contribution in [2.75, 3.05) is 18.4 Å². The number of benzene rings is 1. The van der Waals surface area contributed by atoms with Crippen LogP contribution in [-0.4, -0.2) is 23.9 Å². The van der Waals surface area contributed by atoms with Gasteiger partial charge in [0.15, 0.2) is 0 Å². The molecule has 0 saturated carbocycles. The molecule has 0 aliphatic carbocycles. The third kappa shape index (κ3) is 4.95. The number of carbonyl (C=O) groups excluding carboxylic acids is 1. The van der Waals surface area contributed by atoms with Crippen molar-refractivity contribution in [3.8, 4) is 0 Å². The molecule has 0 radical (unpaired) electrons. The maximum atomic E-state index is 12.2. The molecule has 0 unspecified atom stereocenters. The molecule has 2 aromatic rings. The molecule has 3 nitrogen and oxygen atoms in total. The second-order valence-corrected chi connectivity index (χ2v) is 6.84. The second-order valence-electron chi connectivity index (χ2n) is 4.89. The molecular formula is C16H19BrN2OS. The Morgan fingerprint density at radius 2 is 2.19 bits per heavy atom. The van der Waals surface area contributed by atoms with Crippen molar-refractivity contribution in [1.29, 1.82) is 0 Å². The van der Waals surface area contributed by atoms with E-state index in [0.29, 0.717) is 6.54 Å². The number of anilines is 1. The Kier molecular flexibility index (Phi) is 5.96. The lowest BCUT2D eigenvalue weighted by molar-refractivity contribution is -0.117. The molecule has 0 saturated heterocycles. The number of nitrogens with zero attached hydrogens (tertiary/aromatic N) is 1. The van der Waals surface area contributed by atoms with E-state index in [1.54, 1.807) is 11.3 Å². The summed E-state index contributed by atoms with van der Waals surface area (Å²) in [6.45, 7) is 6.14. The zero-order valence-corrected chi connectivity index (χ0v) is 14.6. The van der Waals surface area contributed by atoms with Gasteiger partial charge in [-0.2, -0.15) is 0 Å². The van der Waals surface area contributed by atoms with Crippen LogP contribution < -0.4 is 5.32 Å². The summed E-state index contributed by atoms with van der Waals surface area (Å²) in [5.41, 5.74) is 1.93. The number of carbonyl (C=O) groups is 1. The van der Waals surface area contributed by atoms with Gasteiger partial charge in [0.1, 0.15) is 0 Å². The molecule has 1 aromatic heterocycles. The lowest BCUT2D eigenvalue weighted by atomic mass is 10.2. The van der Waals surface area contributed by atoms with E-state index in [1.807, 2.05) is 31.2 Å². The van der Waals surface area contributed by atoms with Crippen LogP contribution in [0.2, 0.25) is 0 Å². The Balaban J connectivity index is 1.93. The molecule has 5 heteroatoms. The van der Waals surface area contributed by atoms with E-state index in [0.717, 1.165) is 28.8 Å². The number of aryl methyl sites for hydroxylation is 1. The Morgan fingerprint density at radius 3 is 2.81 bits per heavy atom. The first-order chi connectivity index (χ1) is 10.1. The van der Waals surface area contributed by atoms with Crippen LogP contribution in [0.4, 0.5) is 5.69 Å². The van der Waals surface area contributed by atoms with Crippen molar-refractivity contribution in [3.05, 3.63) is 50.6 Å². The minimum Gasteiger partial charge on any atom is -0.325 e. The van der Waals surface area contributed by atoms with Crippen LogP contribution in [-0.2, 0) is 11.3 Å². The fourth-order valence-electron chi connectivity index (χ4n) is 2.06. The highest BCUT2D eigenvalue weighted by molar-refractivity contribution is 9.10. The standard InChI is InChI=1S/C16H19BrN2OS/c1-3-19(10-14-5-4-8-21-14)11-16(20)18-15-7-6-13(17)9-12(15)2/h4-9H,3,10-11H2,1-2H3,(H,18,20). The van der Waals surface area contributed by atoms with Gasteiger partial charge >= 0.3 is 0 Å². The van der Waals surface area contributed by atoms with Crippen LogP contribution in [0.5, 0.6) is 0 Å². The van der Waals surface area contributed by atoms with Gasteiger partial charge < -0.3 is 5.32 Å². The first-order valence-electron chi connectivity index (χ1n) is 6.89. The summed E-state index contributed by atoms with van der Waals surface area (Å²) in [5.74, 6) is 0.0267. The normalized spacial score (nSPS) is 10.9. The summed E-state index contributed by atoms with van der Waals surface area (Å²) in [4.78, 5) is 15.6. The van der Waals surface area contributed by atoms with E-state index in [1.165, 1.54) is 4.88 Å². The molecule has 2 rings (SSSR count). The van der Waals surface area contributed by atoms with E-state index in [4.69, 9.17) is 0 Å². The molecule has 0 aliphatic rings. The molecule has 112 valence electrons. The summed E-state index contributed by atoms with van der Waals surface area (Å²) in [5, 5.41) is 5.05. The van der Waals surface area contributed by atoms with Gasteiger partial charge in [-0.15, -0.1) is 11.3 Å². The molecule has 0 bridgehead atoms. The van der Waals surface area contributed by atoms with E-state index in [-0.39, 0.29) is 5.91 Å². The third-order valence-corrected chi connectivity index (χ3v) is 4.59. The lowest BCUT2D eigenvalue weighted by Crippen LogP contribution is -2.32. The minimum atomic E-state index is 0.0267. The summed E-state index contributed by atoms with van der Waals surface area (Å²) < 4.78 is 1.02. The number of hydrogen-bond donors (Lipinski definition) is 1. The number of likely N-dealkylation sites (N-methyl/N-ethyl adjacent to an activating group) is 1. The zero-order chi connectivity index (χ0) is 15.2. The van der Waals surface area contributed by atoms with Crippen LogP contribution in [0.3, 0.4) is 0 Å². The summed E-state index contributed by atoms with van der Waals surface area (Å²) >= 11 is 5.15. The number of nitrogens with one attached hydrogen (secondary N) is 1. The van der Waals surface area contributed by atoms with Crippen molar-refractivity contribution in [2.24, 2.45) is 0 Å². The molecule has 1 N–H and O–H groups in total. The number of amides is 1. The maximum absolute atomic E-state index is 12.2. The van der Waals surface area contributed by atoms with Gasteiger partial charge in [0, 0.05) is 21.6 Å². The topological polar surface area (TPSA) is 32.3 Å². The van der Waals surface area contributed by atoms with Crippen molar-refractivity contribution < 1.29 is 4.79 Å². The van der Waals surface area contributed by atoms with Gasteiger partial charge in [-0.05, 0) is 48.7 Å². The van der Waals surface area contributed by atoms with E-state index >= 15 is 0 Å². The first-order valence-corrected chi connectivity index (χ1v) is 8.56. The lowest BCUT2D eigenvalue weighted by Gasteiger charge is -2.19. The fraction of sp³-hybridized carbons (Fsp3) is 0.312. The van der Waals surface area contributed by atoms with Gasteiger partial charge in [-0.3, -0.25) is 9.69 Å². The highest BCUT2D eigenvalue weighted by Crippen LogP contribution is 2.20. The quantitative estimate of drug-likeness (QED) is 0.827. The van der Waals surface area contributed by atoms with E-state index < -0.39 is 0 Å². The molecule has 0 atom stereocenters. The van der Waals surface area contributed by atoms with Crippen LogP contribution in [0.25, 0.3) is 0 Å². The molecule has 1 aromatic carbocycles. The average molecular weight is 367 g/mol. The second kappa shape index (κ2) is 7.73. The predicted molar refractivity (Wildman–Crippen MR) is 92.8 cm³/mol. The molecule has 0 aliphatic heterocycles. The van der Waals surface area contributed by atoms with Gasteiger partial charge in [0.05, 0.1) is 6.54 Å². The SMILES string of the molecule is CCN(CC(=O)Nc1ccc(Br)cc1C)Cc1cccs1. The third-order valence-electron chi connectivity index (χ3n) is 3.24. The van der Waals surface area contributed by atoms with Gasteiger partial charge in [0.2, 0.25) is 5.91 Å². The van der Waals surface area contributed by atoms with Crippen molar-refractivity contribution in [1.82, 2.24) is 4.90 Å². The Labute approximate surface area is 138 Å². The Bertz CT molecular complexity index is 598. The summed E-state index contributed by atoms with van der Waals surface area (Å²) in [6, 6.07) is 10.0. The molecule has 1 heterocycles. The highest BCUT2D eigenvalue weighted by Gasteiger charge is 2.11. The van der Waals surface area contributed by atoms with Gasteiger partial charge in [-0.25, -0.2) is 0 Å². The van der Waals surface area contributed by atoms with Gasteiger partial charge in [-0.1, -0.05) is 28.9 Å². The minimum absolute atomic E-state index is 0.0267. The average Bonchev–Trinajstić information content (AvgIpc) is 2.94. The molecule has 0 fully saturated rings. The first kappa shape index (κ1) is 16.2. The monoisotopic (exact) mass is 366 g/mol. The van der Waals surface area contributed by atoms with Crippen LogP contribution >= 0.6 is 27.3 Å². The molecule has 1 amide bonds. The van der Waals surface area contributed by atoms with Crippen molar-refractivity contribution in [3.63, 3.8) is 0 Å². The summed E-state index contributed by atoms with van der Waals surface area (Å²) in [7, 11) is 0. The van der Waals surface area contributed by atoms with Crippen LogP contribution in [0.15, 0.2) is 40.2 Å². The van der Waals surface area contributed by atoms with Crippen molar-refractivity contribution in [2.45, 2.75) is 20.4 Å². The van der Waals surface area contributed by atoms with Gasteiger partial charge in [0.25, 0.3) is 0 Å². The molecular weight excluding hydrogens is 348 g/mol. The smallest absolute Gasteiger partial charge is 0.238 e. The molecule has 21 heavy (non-hydrogen) atoms. The number of halogens is 1. The predicted octanol–water partition coefficient (Wildman–Crippen LogP) is 4.28. The Hall–Kier alpha value is -1.17. The maximum Gasteiger partial charge on any atom is 0.238 e. The highest BCUT2D eigenvalue weighted by atomic mass is 79.9. The summed E-state index contributed by atoms with van der Waals surface area (Å²) in [6.07, 6.45) is 0. The number of rotatable bonds is 6. The van der Waals surface area contributed by atoms with Crippen LogP contribution in [0.1, 0.15) is 17.4 Å². The number of thiophene rings is 1. The van der Waals surface area contributed by atoms with E-state index in [2.05, 4.69) is 44.5 Å². The molecule has 0 spiro atoms.